The molecular weight excluding hydrogens is 152 g/mol. The summed E-state index contributed by atoms with van der Waals surface area (Å²) in [6, 6.07) is 0.344. The van der Waals surface area contributed by atoms with Gasteiger partial charge in [-0.2, -0.15) is 0 Å². The van der Waals surface area contributed by atoms with Crippen LogP contribution in [0.15, 0.2) is 0 Å². The number of nitrogens with two attached hydrogens (primary N) is 1. The SMILES string of the molecule is CCC(N)C(C)N1CCCC1=O. The molecular formula is C9H18N2O. The van der Waals surface area contributed by atoms with Crippen molar-refractivity contribution in [2.75, 3.05) is 6.54 Å². The molecule has 1 aliphatic heterocycles. The zero-order chi connectivity index (χ0) is 9.14. The molecule has 1 amide bonds. The van der Waals surface area contributed by atoms with Gasteiger partial charge in [-0.3, -0.25) is 4.79 Å². The van der Waals surface area contributed by atoms with E-state index in [0.717, 1.165) is 19.4 Å². The number of rotatable bonds is 3. The number of hydrogen-bond acceptors (Lipinski definition) is 2. The van der Waals surface area contributed by atoms with Crippen molar-refractivity contribution >= 4 is 5.91 Å². The van der Waals surface area contributed by atoms with E-state index in [0.29, 0.717) is 6.42 Å². The quantitative estimate of drug-likeness (QED) is 0.679. The van der Waals surface area contributed by atoms with Gasteiger partial charge >= 0.3 is 0 Å². The number of amides is 1. The first-order chi connectivity index (χ1) is 5.66. The summed E-state index contributed by atoms with van der Waals surface area (Å²) in [5.74, 6) is 0.270. The van der Waals surface area contributed by atoms with Crippen molar-refractivity contribution in [2.45, 2.75) is 45.2 Å². The van der Waals surface area contributed by atoms with Crippen molar-refractivity contribution in [2.24, 2.45) is 5.73 Å². The van der Waals surface area contributed by atoms with Crippen LogP contribution in [0.1, 0.15) is 33.1 Å². The van der Waals surface area contributed by atoms with E-state index < -0.39 is 0 Å². The fourth-order valence-electron chi connectivity index (χ4n) is 1.67. The van der Waals surface area contributed by atoms with Gasteiger partial charge in [0.1, 0.15) is 0 Å². The molecule has 0 aliphatic carbocycles. The lowest BCUT2D eigenvalue weighted by Crippen LogP contribution is -2.46. The van der Waals surface area contributed by atoms with Gasteiger partial charge in [-0.15, -0.1) is 0 Å². The predicted molar refractivity (Wildman–Crippen MR) is 48.7 cm³/mol. The van der Waals surface area contributed by atoms with Crippen LogP contribution in [0, 0.1) is 0 Å². The molecule has 0 aromatic heterocycles. The summed E-state index contributed by atoms with van der Waals surface area (Å²) in [4.78, 5) is 13.2. The zero-order valence-electron chi connectivity index (χ0n) is 7.92. The highest BCUT2D eigenvalue weighted by Crippen LogP contribution is 2.15. The second-order valence-electron chi connectivity index (χ2n) is 3.50. The van der Waals surface area contributed by atoms with Gasteiger partial charge in [-0.05, 0) is 19.8 Å². The molecule has 1 saturated heterocycles. The average molecular weight is 170 g/mol. The van der Waals surface area contributed by atoms with E-state index in [1.165, 1.54) is 0 Å². The van der Waals surface area contributed by atoms with E-state index >= 15 is 0 Å². The molecule has 1 aliphatic rings. The summed E-state index contributed by atoms with van der Waals surface area (Å²) in [5.41, 5.74) is 5.86. The topological polar surface area (TPSA) is 46.3 Å². The normalized spacial score (nSPS) is 22.9. The molecule has 3 nitrogen and oxygen atoms in total. The molecule has 12 heavy (non-hydrogen) atoms. The summed E-state index contributed by atoms with van der Waals surface area (Å²) in [7, 11) is 0. The molecule has 70 valence electrons. The minimum Gasteiger partial charge on any atom is -0.338 e. The number of hydrogen-bond donors (Lipinski definition) is 1. The Kier molecular flexibility index (Phi) is 3.09. The van der Waals surface area contributed by atoms with Crippen molar-refractivity contribution in [1.82, 2.24) is 4.90 Å². The summed E-state index contributed by atoms with van der Waals surface area (Å²) < 4.78 is 0. The summed E-state index contributed by atoms with van der Waals surface area (Å²) in [5, 5.41) is 0. The Morgan fingerprint density at radius 3 is 2.75 bits per heavy atom. The van der Waals surface area contributed by atoms with E-state index in [1.54, 1.807) is 0 Å². The van der Waals surface area contributed by atoms with E-state index in [2.05, 4.69) is 6.92 Å². The van der Waals surface area contributed by atoms with Gasteiger partial charge in [0.05, 0.1) is 0 Å². The maximum absolute atomic E-state index is 11.3. The zero-order valence-corrected chi connectivity index (χ0v) is 7.92. The average Bonchev–Trinajstić information content (AvgIpc) is 2.48. The highest BCUT2D eigenvalue weighted by atomic mass is 16.2. The summed E-state index contributed by atoms with van der Waals surface area (Å²) in [6.45, 7) is 4.99. The largest absolute Gasteiger partial charge is 0.338 e. The number of carbonyl (C=O) groups excluding carboxylic acids is 1. The first-order valence-corrected chi connectivity index (χ1v) is 4.72. The molecule has 2 atom stereocenters. The lowest BCUT2D eigenvalue weighted by molar-refractivity contribution is -0.129. The van der Waals surface area contributed by atoms with Gasteiger partial charge in [-0.25, -0.2) is 0 Å². The Bertz CT molecular complexity index is 170. The van der Waals surface area contributed by atoms with Crippen LogP contribution in [0.25, 0.3) is 0 Å². The lowest BCUT2D eigenvalue weighted by Gasteiger charge is -2.28. The van der Waals surface area contributed by atoms with E-state index in [9.17, 15) is 4.79 Å². The van der Waals surface area contributed by atoms with Gasteiger partial charge in [-0.1, -0.05) is 6.92 Å². The third kappa shape index (κ3) is 1.78. The van der Waals surface area contributed by atoms with Crippen LogP contribution >= 0.6 is 0 Å². The third-order valence-electron chi connectivity index (χ3n) is 2.69. The first kappa shape index (κ1) is 9.52. The van der Waals surface area contributed by atoms with Gasteiger partial charge < -0.3 is 10.6 Å². The summed E-state index contributed by atoms with van der Waals surface area (Å²) in [6.07, 6.45) is 2.64. The van der Waals surface area contributed by atoms with Crippen molar-refractivity contribution in [3.63, 3.8) is 0 Å². The number of likely N-dealkylation sites (tertiary alicyclic amines) is 1. The summed E-state index contributed by atoms with van der Waals surface area (Å²) >= 11 is 0. The molecule has 1 heterocycles. The molecule has 0 radical (unpaired) electrons. The standard InChI is InChI=1S/C9H18N2O/c1-3-8(10)7(2)11-6-4-5-9(11)12/h7-8H,3-6,10H2,1-2H3. The second kappa shape index (κ2) is 3.90. The smallest absolute Gasteiger partial charge is 0.222 e. The highest BCUT2D eigenvalue weighted by Gasteiger charge is 2.27. The monoisotopic (exact) mass is 170 g/mol. The van der Waals surface area contributed by atoms with Gasteiger partial charge in [0.2, 0.25) is 5.91 Å². The predicted octanol–water partition coefficient (Wildman–Crippen LogP) is 0.735. The minimum absolute atomic E-state index is 0.132. The molecule has 3 heteroatoms. The maximum atomic E-state index is 11.3. The van der Waals surface area contributed by atoms with Crippen LogP contribution in [0.5, 0.6) is 0 Å². The van der Waals surface area contributed by atoms with Crippen LogP contribution in [0.4, 0.5) is 0 Å². The maximum Gasteiger partial charge on any atom is 0.222 e. The van der Waals surface area contributed by atoms with Crippen LogP contribution in [0.2, 0.25) is 0 Å². The Balaban J connectivity index is 2.51. The second-order valence-corrected chi connectivity index (χ2v) is 3.50. The molecule has 1 fully saturated rings. The molecule has 1 rings (SSSR count). The van der Waals surface area contributed by atoms with Gasteiger partial charge in [0.15, 0.2) is 0 Å². The van der Waals surface area contributed by atoms with E-state index in [-0.39, 0.29) is 18.0 Å². The lowest BCUT2D eigenvalue weighted by atomic mass is 10.1. The minimum atomic E-state index is 0.132. The van der Waals surface area contributed by atoms with Crippen molar-refractivity contribution in [3.8, 4) is 0 Å². The molecule has 2 N–H and O–H groups in total. The molecule has 0 saturated carbocycles. The third-order valence-corrected chi connectivity index (χ3v) is 2.69. The van der Waals surface area contributed by atoms with Crippen molar-refractivity contribution in [1.29, 1.82) is 0 Å². The van der Waals surface area contributed by atoms with Gasteiger partial charge in [0, 0.05) is 25.0 Å². The van der Waals surface area contributed by atoms with E-state index in [4.69, 9.17) is 5.73 Å². The van der Waals surface area contributed by atoms with E-state index in [1.807, 2.05) is 11.8 Å². The van der Waals surface area contributed by atoms with Crippen LogP contribution in [-0.4, -0.2) is 29.4 Å². The first-order valence-electron chi connectivity index (χ1n) is 4.72. The van der Waals surface area contributed by atoms with Crippen molar-refractivity contribution < 1.29 is 4.79 Å². The Morgan fingerprint density at radius 2 is 2.33 bits per heavy atom. The van der Waals surface area contributed by atoms with Crippen LogP contribution in [0.3, 0.4) is 0 Å². The molecule has 2 unspecified atom stereocenters. The highest BCUT2D eigenvalue weighted by molar-refractivity contribution is 5.78. The van der Waals surface area contributed by atoms with Crippen molar-refractivity contribution in [3.05, 3.63) is 0 Å². The number of nitrogens with zero attached hydrogens (tertiary/aromatic N) is 1. The van der Waals surface area contributed by atoms with Crippen LogP contribution in [-0.2, 0) is 4.79 Å². The fraction of sp³-hybridized carbons (Fsp3) is 0.889. The molecule has 0 spiro atoms. The molecule has 0 aromatic rings. The Morgan fingerprint density at radius 1 is 1.67 bits per heavy atom. The Hall–Kier alpha value is -0.570. The van der Waals surface area contributed by atoms with Crippen LogP contribution < -0.4 is 5.73 Å². The Labute approximate surface area is 73.9 Å². The number of carbonyl (C=O) groups is 1. The molecule has 0 bridgehead atoms. The fourth-order valence-corrected chi connectivity index (χ4v) is 1.67. The van der Waals surface area contributed by atoms with Gasteiger partial charge in [0.25, 0.3) is 0 Å². The molecule has 0 aromatic carbocycles.